The summed E-state index contributed by atoms with van der Waals surface area (Å²) in [5, 5.41) is 0. The minimum Gasteiger partial charge on any atom is -0.454 e. The van der Waals surface area contributed by atoms with Gasteiger partial charge < -0.3 is 14.3 Å². The number of fused-ring (bicyclic) bond motifs is 1. The zero-order valence-electron chi connectivity index (χ0n) is 7.46. The summed E-state index contributed by atoms with van der Waals surface area (Å²) < 4.78 is 11.4. The molecule has 14 heavy (non-hydrogen) atoms. The van der Waals surface area contributed by atoms with Gasteiger partial charge in [0.25, 0.3) is 0 Å². The summed E-state index contributed by atoms with van der Waals surface area (Å²) in [6.07, 6.45) is 2.16. The zero-order valence-corrected chi connectivity index (χ0v) is 9.04. The molecule has 0 radical (unpaired) electrons. The van der Waals surface area contributed by atoms with E-state index in [2.05, 4.69) is 15.9 Å². The third-order valence-corrected chi connectivity index (χ3v) is 2.96. The summed E-state index contributed by atoms with van der Waals surface area (Å²) in [6, 6.07) is 3.81. The second kappa shape index (κ2) is 4.00. The minimum absolute atomic E-state index is 0.269. The van der Waals surface area contributed by atoms with Crippen LogP contribution < -0.4 is 9.47 Å². The van der Waals surface area contributed by atoms with Crippen LogP contribution in [-0.2, 0) is 11.2 Å². The van der Waals surface area contributed by atoms with E-state index < -0.39 is 0 Å². The van der Waals surface area contributed by atoms with Gasteiger partial charge >= 0.3 is 0 Å². The molecule has 0 N–H and O–H groups in total. The topological polar surface area (TPSA) is 35.5 Å². The van der Waals surface area contributed by atoms with Gasteiger partial charge in [-0.2, -0.15) is 0 Å². The highest BCUT2D eigenvalue weighted by molar-refractivity contribution is 9.10. The van der Waals surface area contributed by atoms with Crippen LogP contribution in [-0.4, -0.2) is 13.1 Å². The molecule has 0 bridgehead atoms. The van der Waals surface area contributed by atoms with Gasteiger partial charge in [0, 0.05) is 6.42 Å². The summed E-state index contributed by atoms with van der Waals surface area (Å²) in [7, 11) is 0. The molecule has 1 heterocycles. The van der Waals surface area contributed by atoms with E-state index in [0.717, 1.165) is 34.2 Å². The maximum atomic E-state index is 10.3. The van der Waals surface area contributed by atoms with Crippen LogP contribution in [0, 0.1) is 0 Å². The van der Waals surface area contributed by atoms with Crippen molar-refractivity contribution < 1.29 is 14.3 Å². The van der Waals surface area contributed by atoms with E-state index in [4.69, 9.17) is 9.47 Å². The van der Waals surface area contributed by atoms with Gasteiger partial charge in [0.2, 0.25) is 6.79 Å². The van der Waals surface area contributed by atoms with Crippen molar-refractivity contribution in [3.8, 4) is 11.5 Å². The van der Waals surface area contributed by atoms with Crippen molar-refractivity contribution in [1.29, 1.82) is 0 Å². The summed E-state index contributed by atoms with van der Waals surface area (Å²) in [5.41, 5.74) is 1.07. The van der Waals surface area contributed by atoms with Crippen molar-refractivity contribution in [2.24, 2.45) is 0 Å². The summed E-state index contributed by atoms with van der Waals surface area (Å²) in [4.78, 5) is 10.3. The fraction of sp³-hybridized carbons (Fsp3) is 0.300. The standard InChI is InChI=1S/C10H9BrO3/c11-9-7(2-1-5-12)3-4-8-10(9)14-6-13-8/h3-5H,1-2,6H2. The van der Waals surface area contributed by atoms with Crippen LogP contribution in [0.3, 0.4) is 0 Å². The van der Waals surface area contributed by atoms with E-state index in [1.54, 1.807) is 0 Å². The van der Waals surface area contributed by atoms with Crippen LogP contribution >= 0.6 is 15.9 Å². The largest absolute Gasteiger partial charge is 0.454 e. The van der Waals surface area contributed by atoms with Crippen molar-refractivity contribution in [2.75, 3.05) is 6.79 Å². The molecule has 1 aliphatic heterocycles. The molecule has 1 aromatic rings. The number of aryl methyl sites for hydroxylation is 1. The SMILES string of the molecule is O=CCCc1ccc2c(c1Br)OCO2. The first-order chi connectivity index (χ1) is 6.83. The van der Waals surface area contributed by atoms with Crippen molar-refractivity contribution >= 4 is 22.2 Å². The number of carbonyl (C=O) groups excluding carboxylic acids is 1. The molecule has 0 atom stereocenters. The lowest BCUT2D eigenvalue weighted by Crippen LogP contribution is -1.93. The molecule has 0 saturated carbocycles. The molecule has 0 saturated heterocycles. The molecule has 0 amide bonds. The number of benzene rings is 1. The molecule has 1 aliphatic rings. The zero-order chi connectivity index (χ0) is 9.97. The lowest BCUT2D eigenvalue weighted by atomic mass is 10.1. The summed E-state index contributed by atoms with van der Waals surface area (Å²) >= 11 is 3.44. The van der Waals surface area contributed by atoms with Crippen molar-refractivity contribution in [2.45, 2.75) is 12.8 Å². The lowest BCUT2D eigenvalue weighted by molar-refractivity contribution is -0.107. The second-order valence-electron chi connectivity index (χ2n) is 2.98. The van der Waals surface area contributed by atoms with Gasteiger partial charge in [-0.15, -0.1) is 0 Å². The van der Waals surface area contributed by atoms with Gasteiger partial charge in [0.15, 0.2) is 11.5 Å². The van der Waals surface area contributed by atoms with Gasteiger partial charge in [0.05, 0.1) is 4.47 Å². The van der Waals surface area contributed by atoms with Crippen LogP contribution in [0.5, 0.6) is 11.5 Å². The fourth-order valence-corrected chi connectivity index (χ4v) is 2.03. The highest BCUT2D eigenvalue weighted by Crippen LogP contribution is 2.41. The number of carbonyl (C=O) groups is 1. The summed E-state index contributed by atoms with van der Waals surface area (Å²) in [6.45, 7) is 0.269. The van der Waals surface area contributed by atoms with Crippen LogP contribution in [0.2, 0.25) is 0 Å². The quantitative estimate of drug-likeness (QED) is 0.779. The van der Waals surface area contributed by atoms with Gasteiger partial charge in [-0.25, -0.2) is 0 Å². The number of hydrogen-bond acceptors (Lipinski definition) is 3. The molecule has 0 spiro atoms. The van der Waals surface area contributed by atoms with Gasteiger partial charge in [0.1, 0.15) is 6.29 Å². The third-order valence-electron chi connectivity index (χ3n) is 2.09. The Kier molecular flexibility index (Phi) is 2.72. The van der Waals surface area contributed by atoms with Crippen LogP contribution in [0.25, 0.3) is 0 Å². The average molecular weight is 257 g/mol. The number of halogens is 1. The van der Waals surface area contributed by atoms with E-state index in [9.17, 15) is 4.79 Å². The molecule has 74 valence electrons. The fourth-order valence-electron chi connectivity index (χ4n) is 1.39. The lowest BCUT2D eigenvalue weighted by Gasteiger charge is -2.04. The predicted molar refractivity (Wildman–Crippen MR) is 54.7 cm³/mol. The molecule has 4 heteroatoms. The highest BCUT2D eigenvalue weighted by atomic mass is 79.9. The number of hydrogen-bond donors (Lipinski definition) is 0. The maximum Gasteiger partial charge on any atom is 0.231 e. The first-order valence-electron chi connectivity index (χ1n) is 4.33. The van der Waals surface area contributed by atoms with E-state index >= 15 is 0 Å². The molecule has 0 aromatic heterocycles. The van der Waals surface area contributed by atoms with E-state index in [1.807, 2.05) is 12.1 Å². The highest BCUT2D eigenvalue weighted by Gasteiger charge is 2.18. The van der Waals surface area contributed by atoms with Gasteiger partial charge in [-0.3, -0.25) is 0 Å². The normalized spacial score (nSPS) is 12.9. The van der Waals surface area contributed by atoms with E-state index in [-0.39, 0.29) is 6.79 Å². The maximum absolute atomic E-state index is 10.3. The minimum atomic E-state index is 0.269. The first-order valence-corrected chi connectivity index (χ1v) is 5.13. The van der Waals surface area contributed by atoms with Crippen molar-refractivity contribution in [3.05, 3.63) is 22.2 Å². The molecular formula is C10H9BrO3. The smallest absolute Gasteiger partial charge is 0.231 e. The Morgan fingerprint density at radius 3 is 3.07 bits per heavy atom. The molecular weight excluding hydrogens is 248 g/mol. The number of rotatable bonds is 3. The monoisotopic (exact) mass is 256 g/mol. The Bertz CT molecular complexity index is 363. The Morgan fingerprint density at radius 1 is 1.43 bits per heavy atom. The molecule has 0 aliphatic carbocycles. The van der Waals surface area contributed by atoms with Crippen LogP contribution in [0.4, 0.5) is 0 Å². The first kappa shape index (κ1) is 9.52. The molecule has 0 fully saturated rings. The van der Waals surface area contributed by atoms with E-state index in [0.29, 0.717) is 6.42 Å². The molecule has 1 aromatic carbocycles. The number of ether oxygens (including phenoxy) is 2. The third kappa shape index (κ3) is 1.62. The molecule has 0 unspecified atom stereocenters. The van der Waals surface area contributed by atoms with Crippen LogP contribution in [0.1, 0.15) is 12.0 Å². The van der Waals surface area contributed by atoms with E-state index in [1.165, 1.54) is 0 Å². The predicted octanol–water partition coefficient (Wildman–Crippen LogP) is 2.31. The van der Waals surface area contributed by atoms with Crippen LogP contribution in [0.15, 0.2) is 16.6 Å². The van der Waals surface area contributed by atoms with Gasteiger partial charge in [-0.05, 0) is 34.0 Å². The van der Waals surface area contributed by atoms with Crippen molar-refractivity contribution in [1.82, 2.24) is 0 Å². The Balaban J connectivity index is 2.30. The Morgan fingerprint density at radius 2 is 2.29 bits per heavy atom. The molecule has 2 rings (SSSR count). The van der Waals surface area contributed by atoms with Crippen molar-refractivity contribution in [3.63, 3.8) is 0 Å². The second-order valence-corrected chi connectivity index (χ2v) is 3.77. The molecule has 3 nitrogen and oxygen atoms in total. The Hall–Kier alpha value is -1.03. The average Bonchev–Trinajstić information content (AvgIpc) is 2.66. The number of aldehydes is 1. The Labute approximate surface area is 90.1 Å². The summed E-state index contributed by atoms with van der Waals surface area (Å²) in [5.74, 6) is 1.50. The van der Waals surface area contributed by atoms with Gasteiger partial charge in [-0.1, -0.05) is 6.07 Å².